The monoisotopic (exact) mass is 516 g/mol. The van der Waals surface area contributed by atoms with E-state index in [1.165, 1.54) is 4.90 Å². The quantitative estimate of drug-likeness (QED) is 0.431. The first kappa shape index (κ1) is 31.7. The Bertz CT molecular complexity index is 1000. The summed E-state index contributed by atoms with van der Waals surface area (Å²) in [5.74, 6) is -1.82. The van der Waals surface area contributed by atoms with Crippen molar-refractivity contribution in [3.05, 3.63) is 42.0 Å². The van der Waals surface area contributed by atoms with Gasteiger partial charge in [-0.1, -0.05) is 37.8 Å². The van der Waals surface area contributed by atoms with E-state index in [1.54, 1.807) is 45.0 Å². The molecule has 0 aliphatic heterocycles. The zero-order valence-corrected chi connectivity index (χ0v) is 23.7. The molecule has 1 aromatic carbocycles. The van der Waals surface area contributed by atoms with Crippen LogP contribution in [0.25, 0.3) is 6.08 Å². The fourth-order valence-corrected chi connectivity index (χ4v) is 3.68. The predicted molar refractivity (Wildman–Crippen MR) is 145 cm³/mol. The number of carbonyl (C=O) groups is 4. The van der Waals surface area contributed by atoms with E-state index >= 15 is 0 Å². The van der Waals surface area contributed by atoms with Crippen molar-refractivity contribution in [1.82, 2.24) is 15.5 Å². The van der Waals surface area contributed by atoms with E-state index in [0.29, 0.717) is 12.0 Å². The van der Waals surface area contributed by atoms with Crippen LogP contribution in [0.1, 0.15) is 92.3 Å². The number of alkyl carbamates (subject to hydrolysis) is 1. The maximum Gasteiger partial charge on any atom is 0.408 e. The number of nitrogens with two attached hydrogens (primary N) is 1. The van der Waals surface area contributed by atoms with Gasteiger partial charge in [-0.3, -0.25) is 14.4 Å². The van der Waals surface area contributed by atoms with E-state index in [2.05, 4.69) is 17.2 Å². The molecule has 4 N–H and O–H groups in total. The molecule has 0 bridgehead atoms. The molecule has 0 heterocycles. The van der Waals surface area contributed by atoms with Gasteiger partial charge >= 0.3 is 6.09 Å². The molecule has 9 nitrogen and oxygen atoms in total. The van der Waals surface area contributed by atoms with Crippen molar-refractivity contribution in [2.24, 2.45) is 5.73 Å². The van der Waals surface area contributed by atoms with Crippen LogP contribution in [0.4, 0.5) is 4.79 Å². The fourth-order valence-electron chi connectivity index (χ4n) is 3.68. The first-order chi connectivity index (χ1) is 16.8. The van der Waals surface area contributed by atoms with Crippen LogP contribution in [-0.2, 0) is 19.1 Å². The second-order valence-electron chi connectivity index (χ2n) is 11.8. The predicted octanol–water partition coefficient (Wildman–Crippen LogP) is 4.07. The topological polar surface area (TPSA) is 131 Å². The summed E-state index contributed by atoms with van der Waals surface area (Å²) in [5.41, 5.74) is 4.52. The second kappa shape index (κ2) is 12.3. The Morgan fingerprint density at radius 3 is 2.14 bits per heavy atom. The van der Waals surface area contributed by atoms with Crippen molar-refractivity contribution < 1.29 is 23.9 Å². The largest absolute Gasteiger partial charge is 0.444 e. The molecule has 0 aliphatic rings. The standard InChI is InChI=1S/C28H44N4O5/c1-11-18-14-13-15-19(16-18)22(23(34)31-26(3,4)5)32(28(9,10)12-2)24(35)20(17-21(29)33)30-25(36)37-27(6,7)8/h11,13-16,20,22H,1,12,17H2,2-10H3,(H2,29,33)(H,30,36)(H,31,34). The summed E-state index contributed by atoms with van der Waals surface area (Å²) >= 11 is 0. The zero-order valence-electron chi connectivity index (χ0n) is 23.7. The Hall–Kier alpha value is -3.36. The third kappa shape index (κ3) is 9.90. The SMILES string of the molecule is C=Cc1cccc(C(C(=O)NC(C)(C)C)N(C(=O)C(CC(N)=O)NC(=O)OC(C)(C)C)C(C)(C)CC)c1. The van der Waals surface area contributed by atoms with Crippen molar-refractivity contribution >= 4 is 29.9 Å². The molecular weight excluding hydrogens is 472 g/mol. The number of hydrogen-bond acceptors (Lipinski definition) is 5. The van der Waals surface area contributed by atoms with E-state index in [1.807, 2.05) is 47.6 Å². The lowest BCUT2D eigenvalue weighted by Crippen LogP contribution is -2.60. The highest BCUT2D eigenvalue weighted by atomic mass is 16.6. The van der Waals surface area contributed by atoms with Gasteiger partial charge < -0.3 is 26.0 Å². The van der Waals surface area contributed by atoms with Gasteiger partial charge in [-0.05, 0) is 79.0 Å². The Labute approximate surface area is 221 Å². The molecule has 2 atom stereocenters. The molecule has 37 heavy (non-hydrogen) atoms. The summed E-state index contributed by atoms with van der Waals surface area (Å²) in [7, 11) is 0. The molecule has 0 aliphatic carbocycles. The molecule has 0 saturated carbocycles. The molecule has 9 heteroatoms. The van der Waals surface area contributed by atoms with Gasteiger partial charge in [-0.2, -0.15) is 0 Å². The van der Waals surface area contributed by atoms with Gasteiger partial charge in [0, 0.05) is 11.1 Å². The first-order valence-corrected chi connectivity index (χ1v) is 12.5. The number of primary amides is 1. The number of benzene rings is 1. The van der Waals surface area contributed by atoms with Gasteiger partial charge in [0.05, 0.1) is 6.42 Å². The van der Waals surface area contributed by atoms with Crippen LogP contribution in [-0.4, -0.2) is 51.4 Å². The van der Waals surface area contributed by atoms with Crippen LogP contribution in [0.2, 0.25) is 0 Å². The maximum atomic E-state index is 14.2. The Balaban J connectivity index is 3.74. The lowest BCUT2D eigenvalue weighted by molar-refractivity contribution is -0.150. The molecule has 1 rings (SSSR count). The summed E-state index contributed by atoms with van der Waals surface area (Å²) in [6.45, 7) is 19.9. The molecule has 0 radical (unpaired) electrons. The minimum Gasteiger partial charge on any atom is -0.444 e. The molecule has 206 valence electrons. The number of rotatable bonds is 10. The van der Waals surface area contributed by atoms with Crippen LogP contribution in [0.3, 0.4) is 0 Å². The summed E-state index contributed by atoms with van der Waals surface area (Å²) < 4.78 is 5.32. The van der Waals surface area contributed by atoms with Crippen LogP contribution in [0, 0.1) is 0 Å². The van der Waals surface area contributed by atoms with Crippen LogP contribution < -0.4 is 16.4 Å². The Morgan fingerprint density at radius 1 is 1.08 bits per heavy atom. The van der Waals surface area contributed by atoms with E-state index in [-0.39, 0.29) is 0 Å². The minimum absolute atomic E-state index is 0.404. The van der Waals surface area contributed by atoms with E-state index in [9.17, 15) is 19.2 Å². The van der Waals surface area contributed by atoms with Gasteiger partial charge in [0.15, 0.2) is 0 Å². The third-order valence-electron chi connectivity index (χ3n) is 5.62. The van der Waals surface area contributed by atoms with Crippen molar-refractivity contribution in [1.29, 1.82) is 0 Å². The molecule has 1 aromatic rings. The van der Waals surface area contributed by atoms with E-state index in [0.717, 1.165) is 5.56 Å². The summed E-state index contributed by atoms with van der Waals surface area (Å²) in [6.07, 6.45) is 0.800. The highest BCUT2D eigenvalue weighted by Crippen LogP contribution is 2.33. The number of nitrogens with zero attached hydrogens (tertiary/aromatic N) is 1. The molecule has 0 saturated heterocycles. The summed E-state index contributed by atoms with van der Waals surface area (Å²) in [5, 5.41) is 5.47. The van der Waals surface area contributed by atoms with Crippen molar-refractivity contribution in [2.75, 3.05) is 0 Å². The third-order valence-corrected chi connectivity index (χ3v) is 5.62. The minimum atomic E-state index is -1.34. The average Bonchev–Trinajstić information content (AvgIpc) is 2.73. The maximum absolute atomic E-state index is 14.2. The van der Waals surface area contributed by atoms with Crippen LogP contribution in [0.15, 0.2) is 30.8 Å². The second-order valence-corrected chi connectivity index (χ2v) is 11.8. The van der Waals surface area contributed by atoms with Crippen molar-refractivity contribution in [3.63, 3.8) is 0 Å². The number of amides is 4. The zero-order chi connectivity index (χ0) is 28.8. The van der Waals surface area contributed by atoms with E-state index < -0.39 is 59.0 Å². The molecule has 0 aromatic heterocycles. The molecule has 4 amide bonds. The molecule has 0 spiro atoms. The Morgan fingerprint density at radius 2 is 1.68 bits per heavy atom. The molecule has 0 fully saturated rings. The average molecular weight is 517 g/mol. The Kier molecular flexibility index (Phi) is 10.5. The molecular formula is C28H44N4O5. The van der Waals surface area contributed by atoms with Crippen molar-refractivity contribution in [2.45, 2.75) is 104 Å². The highest BCUT2D eigenvalue weighted by molar-refractivity contribution is 5.95. The van der Waals surface area contributed by atoms with Crippen molar-refractivity contribution in [3.8, 4) is 0 Å². The van der Waals surface area contributed by atoms with Gasteiger partial charge in [0.2, 0.25) is 17.7 Å². The number of ether oxygens (including phenoxy) is 1. The van der Waals surface area contributed by atoms with Gasteiger partial charge in [0.1, 0.15) is 17.7 Å². The number of hydrogen-bond donors (Lipinski definition) is 3. The lowest BCUT2D eigenvalue weighted by Gasteiger charge is -2.45. The smallest absolute Gasteiger partial charge is 0.408 e. The molecule has 2 unspecified atom stereocenters. The number of carbonyl (C=O) groups excluding carboxylic acids is 4. The summed E-state index contributed by atoms with van der Waals surface area (Å²) in [4.78, 5) is 53.9. The van der Waals surface area contributed by atoms with Crippen LogP contribution >= 0.6 is 0 Å². The number of nitrogens with one attached hydrogen (secondary N) is 2. The van der Waals surface area contributed by atoms with Gasteiger partial charge in [0.25, 0.3) is 0 Å². The highest BCUT2D eigenvalue weighted by Gasteiger charge is 2.44. The van der Waals surface area contributed by atoms with Gasteiger partial charge in [-0.25, -0.2) is 4.79 Å². The van der Waals surface area contributed by atoms with E-state index in [4.69, 9.17) is 10.5 Å². The first-order valence-electron chi connectivity index (χ1n) is 12.5. The summed E-state index contributed by atoms with van der Waals surface area (Å²) in [6, 6.07) is 4.76. The lowest BCUT2D eigenvalue weighted by atomic mass is 9.90. The fraction of sp³-hybridized carbons (Fsp3) is 0.571. The normalized spacial score (nSPS) is 13.6. The van der Waals surface area contributed by atoms with Crippen LogP contribution in [0.5, 0.6) is 0 Å². The van der Waals surface area contributed by atoms with Gasteiger partial charge in [-0.15, -0.1) is 0 Å².